The Morgan fingerprint density at radius 2 is 2.04 bits per heavy atom. The lowest BCUT2D eigenvalue weighted by atomic mass is 9.76. The van der Waals surface area contributed by atoms with Crippen molar-refractivity contribution in [2.45, 2.75) is 24.8 Å². The van der Waals surface area contributed by atoms with Crippen LogP contribution in [0.2, 0.25) is 0 Å². The Morgan fingerprint density at radius 3 is 2.86 bits per heavy atom. The van der Waals surface area contributed by atoms with Gasteiger partial charge in [0.15, 0.2) is 0 Å². The standard InChI is InChI=1S/C21H21N3O4/c1-28-16-9-4-8-15(12-16)22-18(25)13-24-19(26)21(23-20(24)27)11-5-7-14-6-2-3-10-17(14)21/h2-4,6,8-10,12H,5,7,11,13H2,1H3,(H,22,25)(H,23,27). The van der Waals surface area contributed by atoms with Crippen LogP contribution in [-0.2, 0) is 21.5 Å². The molecular weight excluding hydrogens is 358 g/mol. The van der Waals surface area contributed by atoms with Crippen molar-refractivity contribution in [3.05, 3.63) is 59.7 Å². The molecule has 2 aliphatic rings. The molecule has 4 rings (SSSR count). The highest BCUT2D eigenvalue weighted by atomic mass is 16.5. The zero-order valence-corrected chi connectivity index (χ0v) is 15.5. The first-order valence-electron chi connectivity index (χ1n) is 9.20. The van der Waals surface area contributed by atoms with Crippen molar-refractivity contribution in [2.24, 2.45) is 0 Å². The Kier molecular flexibility index (Phi) is 4.50. The number of carbonyl (C=O) groups excluding carboxylic acids is 3. The van der Waals surface area contributed by atoms with Crippen molar-refractivity contribution in [1.82, 2.24) is 10.2 Å². The van der Waals surface area contributed by atoms with Crippen LogP contribution < -0.4 is 15.4 Å². The summed E-state index contributed by atoms with van der Waals surface area (Å²) < 4.78 is 5.13. The molecule has 2 aromatic rings. The summed E-state index contributed by atoms with van der Waals surface area (Å²) in [5.74, 6) is -0.214. The summed E-state index contributed by atoms with van der Waals surface area (Å²) in [7, 11) is 1.54. The summed E-state index contributed by atoms with van der Waals surface area (Å²) in [6.45, 7) is -0.341. The predicted octanol–water partition coefficient (Wildman–Crippen LogP) is 2.42. The van der Waals surface area contributed by atoms with Crippen LogP contribution >= 0.6 is 0 Å². The molecule has 7 heteroatoms. The molecular formula is C21H21N3O4. The van der Waals surface area contributed by atoms with Crippen molar-refractivity contribution >= 4 is 23.5 Å². The third-order valence-corrected chi connectivity index (χ3v) is 5.31. The Hall–Kier alpha value is -3.35. The van der Waals surface area contributed by atoms with E-state index in [2.05, 4.69) is 10.6 Å². The minimum absolute atomic E-state index is 0.341. The quantitative estimate of drug-likeness (QED) is 0.799. The fourth-order valence-electron chi connectivity index (χ4n) is 4.00. The topological polar surface area (TPSA) is 87.7 Å². The zero-order chi connectivity index (χ0) is 19.7. The molecule has 1 unspecified atom stereocenters. The van der Waals surface area contributed by atoms with Gasteiger partial charge in [-0.05, 0) is 42.5 Å². The Balaban J connectivity index is 1.53. The van der Waals surface area contributed by atoms with Gasteiger partial charge in [-0.15, -0.1) is 0 Å². The van der Waals surface area contributed by atoms with Crippen LogP contribution in [0.4, 0.5) is 10.5 Å². The van der Waals surface area contributed by atoms with E-state index in [4.69, 9.17) is 4.74 Å². The number of fused-ring (bicyclic) bond motifs is 2. The van der Waals surface area contributed by atoms with Gasteiger partial charge in [-0.3, -0.25) is 14.5 Å². The van der Waals surface area contributed by atoms with Gasteiger partial charge in [-0.25, -0.2) is 4.79 Å². The number of methoxy groups -OCH3 is 1. The van der Waals surface area contributed by atoms with E-state index in [-0.39, 0.29) is 12.5 Å². The SMILES string of the molecule is COc1cccc(NC(=O)CN2C(=O)NC3(CCCc4ccccc43)C2=O)c1. The molecule has 7 nitrogen and oxygen atoms in total. The molecule has 4 amide bonds. The van der Waals surface area contributed by atoms with Gasteiger partial charge >= 0.3 is 6.03 Å². The lowest BCUT2D eigenvalue weighted by molar-refractivity contribution is -0.134. The van der Waals surface area contributed by atoms with Crippen LogP contribution in [0.3, 0.4) is 0 Å². The highest BCUT2D eigenvalue weighted by molar-refractivity contribution is 6.10. The van der Waals surface area contributed by atoms with Crippen LogP contribution in [0.1, 0.15) is 24.0 Å². The van der Waals surface area contributed by atoms with Crippen molar-refractivity contribution in [3.63, 3.8) is 0 Å². The number of nitrogens with zero attached hydrogens (tertiary/aromatic N) is 1. The third-order valence-electron chi connectivity index (χ3n) is 5.31. The number of ether oxygens (including phenoxy) is 1. The summed E-state index contributed by atoms with van der Waals surface area (Å²) in [5.41, 5.74) is 1.36. The molecule has 0 radical (unpaired) electrons. The molecule has 2 aromatic carbocycles. The molecule has 1 spiro atoms. The lowest BCUT2D eigenvalue weighted by Gasteiger charge is -2.33. The number of urea groups is 1. The highest BCUT2D eigenvalue weighted by Crippen LogP contribution is 2.39. The lowest BCUT2D eigenvalue weighted by Crippen LogP contribution is -2.47. The van der Waals surface area contributed by atoms with Gasteiger partial charge in [-0.1, -0.05) is 30.3 Å². The van der Waals surface area contributed by atoms with Crippen molar-refractivity contribution < 1.29 is 19.1 Å². The maximum absolute atomic E-state index is 13.2. The minimum Gasteiger partial charge on any atom is -0.497 e. The molecule has 144 valence electrons. The Bertz CT molecular complexity index is 958. The number of nitrogens with one attached hydrogen (secondary N) is 2. The molecule has 1 saturated heterocycles. The minimum atomic E-state index is -1.07. The molecule has 0 aromatic heterocycles. The first-order chi connectivity index (χ1) is 13.5. The van der Waals surface area contributed by atoms with Crippen molar-refractivity contribution in [2.75, 3.05) is 19.0 Å². The highest BCUT2D eigenvalue weighted by Gasteiger charge is 2.54. The molecule has 28 heavy (non-hydrogen) atoms. The van der Waals surface area contributed by atoms with E-state index < -0.39 is 17.5 Å². The van der Waals surface area contributed by atoms with Crippen LogP contribution in [0.25, 0.3) is 0 Å². The van der Waals surface area contributed by atoms with Crippen LogP contribution in [-0.4, -0.2) is 36.4 Å². The maximum atomic E-state index is 13.2. The fourth-order valence-corrected chi connectivity index (χ4v) is 4.00. The summed E-state index contributed by atoms with van der Waals surface area (Å²) in [6, 6.07) is 14.0. The molecule has 0 bridgehead atoms. The van der Waals surface area contributed by atoms with Crippen molar-refractivity contribution in [1.29, 1.82) is 0 Å². The van der Waals surface area contributed by atoms with E-state index in [1.807, 2.05) is 24.3 Å². The number of aryl methyl sites for hydroxylation is 1. The second-order valence-corrected chi connectivity index (χ2v) is 7.02. The van der Waals surface area contributed by atoms with Gasteiger partial charge in [0.1, 0.15) is 17.8 Å². The van der Waals surface area contributed by atoms with Gasteiger partial charge in [0, 0.05) is 11.8 Å². The van der Waals surface area contributed by atoms with Gasteiger partial charge in [-0.2, -0.15) is 0 Å². The van der Waals surface area contributed by atoms with Crippen LogP contribution in [0.15, 0.2) is 48.5 Å². The second-order valence-electron chi connectivity index (χ2n) is 7.02. The zero-order valence-electron chi connectivity index (χ0n) is 15.5. The number of benzene rings is 2. The van der Waals surface area contributed by atoms with E-state index >= 15 is 0 Å². The Morgan fingerprint density at radius 1 is 1.21 bits per heavy atom. The number of hydrogen-bond donors (Lipinski definition) is 2. The molecule has 2 N–H and O–H groups in total. The molecule has 1 heterocycles. The second kappa shape index (κ2) is 6.99. The maximum Gasteiger partial charge on any atom is 0.325 e. The normalized spacial score (nSPS) is 20.7. The van der Waals surface area contributed by atoms with Crippen LogP contribution in [0, 0.1) is 0 Å². The monoisotopic (exact) mass is 379 g/mol. The van der Waals surface area contributed by atoms with Crippen molar-refractivity contribution in [3.8, 4) is 5.75 Å². The number of anilines is 1. The average molecular weight is 379 g/mol. The molecule has 0 saturated carbocycles. The van der Waals surface area contributed by atoms with Gasteiger partial charge < -0.3 is 15.4 Å². The van der Waals surface area contributed by atoms with E-state index in [0.717, 1.165) is 28.9 Å². The third kappa shape index (κ3) is 2.98. The summed E-state index contributed by atoms with van der Waals surface area (Å²) >= 11 is 0. The molecule has 1 fully saturated rings. The van der Waals surface area contributed by atoms with Gasteiger partial charge in [0.2, 0.25) is 5.91 Å². The summed E-state index contributed by atoms with van der Waals surface area (Å²) in [5, 5.41) is 5.55. The number of imide groups is 1. The number of hydrogen-bond acceptors (Lipinski definition) is 4. The fraction of sp³-hybridized carbons (Fsp3) is 0.286. The number of carbonyl (C=O) groups is 3. The predicted molar refractivity (Wildman–Crippen MR) is 103 cm³/mol. The number of rotatable bonds is 4. The first-order valence-corrected chi connectivity index (χ1v) is 9.20. The summed E-state index contributed by atoms with van der Waals surface area (Å²) in [6.07, 6.45) is 2.20. The molecule has 1 atom stereocenters. The van der Waals surface area contributed by atoms with Gasteiger partial charge in [0.05, 0.1) is 7.11 Å². The summed E-state index contributed by atoms with van der Waals surface area (Å²) in [4.78, 5) is 39.2. The van der Waals surface area contributed by atoms with Crippen LogP contribution in [0.5, 0.6) is 5.75 Å². The van der Waals surface area contributed by atoms with E-state index in [1.54, 1.807) is 24.3 Å². The van der Waals surface area contributed by atoms with E-state index in [1.165, 1.54) is 7.11 Å². The average Bonchev–Trinajstić information content (AvgIpc) is 2.93. The first kappa shape index (κ1) is 18.0. The smallest absolute Gasteiger partial charge is 0.325 e. The number of amides is 4. The van der Waals surface area contributed by atoms with Gasteiger partial charge in [0.25, 0.3) is 5.91 Å². The van der Waals surface area contributed by atoms with E-state index in [9.17, 15) is 14.4 Å². The molecule has 1 aliphatic carbocycles. The molecule has 1 aliphatic heterocycles. The largest absolute Gasteiger partial charge is 0.497 e. The Labute approximate surface area is 162 Å². The van der Waals surface area contributed by atoms with E-state index in [0.29, 0.717) is 17.9 Å².